The Bertz CT molecular complexity index is 1520. The number of amides is 2. The van der Waals surface area contributed by atoms with Crippen LogP contribution in [-0.2, 0) is 32.6 Å². The summed E-state index contributed by atoms with van der Waals surface area (Å²) in [5.74, 6) is -1.17. The maximum absolute atomic E-state index is 14.1. The van der Waals surface area contributed by atoms with E-state index in [0.717, 1.165) is 22.2 Å². The summed E-state index contributed by atoms with van der Waals surface area (Å²) in [6.45, 7) is 2.81. The van der Waals surface area contributed by atoms with Crippen LogP contribution in [0.1, 0.15) is 31.4 Å². The van der Waals surface area contributed by atoms with Gasteiger partial charge in [0.15, 0.2) is 0 Å². The van der Waals surface area contributed by atoms with Crippen LogP contribution in [0, 0.1) is 10.1 Å². The van der Waals surface area contributed by atoms with Gasteiger partial charge in [0.2, 0.25) is 21.8 Å². The van der Waals surface area contributed by atoms with Crippen molar-refractivity contribution in [1.29, 1.82) is 0 Å². The zero-order valence-corrected chi connectivity index (χ0v) is 25.7. The van der Waals surface area contributed by atoms with Crippen LogP contribution in [0.3, 0.4) is 0 Å². The molecule has 0 spiro atoms. The quantitative estimate of drug-likeness (QED) is 0.203. The van der Waals surface area contributed by atoms with Gasteiger partial charge in [-0.05, 0) is 37.1 Å². The lowest BCUT2D eigenvalue weighted by Gasteiger charge is -2.34. The summed E-state index contributed by atoms with van der Waals surface area (Å²) in [6, 6.07) is 17.6. The number of sulfonamides is 1. The van der Waals surface area contributed by atoms with Gasteiger partial charge in [-0.1, -0.05) is 72.6 Å². The van der Waals surface area contributed by atoms with Crippen molar-refractivity contribution in [3.05, 3.63) is 104 Å². The highest BCUT2D eigenvalue weighted by atomic mass is 35.5. The molecule has 0 saturated carbocycles. The van der Waals surface area contributed by atoms with Gasteiger partial charge in [-0.2, -0.15) is 0 Å². The molecule has 0 bridgehead atoms. The van der Waals surface area contributed by atoms with E-state index in [9.17, 15) is 28.1 Å². The third-order valence-electron chi connectivity index (χ3n) is 6.67. The maximum atomic E-state index is 14.1. The number of nitrogens with one attached hydrogen (secondary N) is 1. The largest absolute Gasteiger partial charge is 0.352 e. The first-order valence-corrected chi connectivity index (χ1v) is 15.7. The number of benzene rings is 3. The molecule has 2 amide bonds. The third-order valence-corrected chi connectivity index (χ3v) is 8.52. The van der Waals surface area contributed by atoms with Crippen molar-refractivity contribution in [2.24, 2.45) is 0 Å². The Balaban J connectivity index is 2.12. The first-order chi connectivity index (χ1) is 19.8. The molecule has 0 fully saturated rings. The normalized spacial score (nSPS) is 12.7. The van der Waals surface area contributed by atoms with E-state index in [4.69, 9.17) is 23.2 Å². The lowest BCUT2D eigenvalue weighted by atomic mass is 10.0. The zero-order valence-electron chi connectivity index (χ0n) is 23.4. The number of nitro groups is 1. The number of non-ortho nitro benzene ring substituents is 1. The Morgan fingerprint density at radius 3 is 2.19 bits per heavy atom. The Labute approximate surface area is 255 Å². The summed E-state index contributed by atoms with van der Waals surface area (Å²) >= 11 is 12.9. The molecule has 0 unspecified atom stereocenters. The van der Waals surface area contributed by atoms with Crippen molar-refractivity contribution in [3.63, 3.8) is 0 Å². The molecule has 3 rings (SSSR count). The lowest BCUT2D eigenvalue weighted by Crippen LogP contribution is -2.54. The van der Waals surface area contributed by atoms with Gasteiger partial charge in [0.1, 0.15) is 12.6 Å². The van der Waals surface area contributed by atoms with Gasteiger partial charge in [-0.15, -0.1) is 0 Å². The topological polar surface area (TPSA) is 130 Å². The van der Waals surface area contributed by atoms with E-state index in [0.29, 0.717) is 12.0 Å². The van der Waals surface area contributed by atoms with E-state index < -0.39 is 39.3 Å². The molecule has 224 valence electrons. The van der Waals surface area contributed by atoms with E-state index in [1.54, 1.807) is 18.2 Å². The number of carbonyl (C=O) groups excluding carboxylic acids is 2. The summed E-state index contributed by atoms with van der Waals surface area (Å²) in [6.07, 6.45) is 1.65. The minimum Gasteiger partial charge on any atom is -0.352 e. The van der Waals surface area contributed by atoms with Crippen LogP contribution in [0.5, 0.6) is 0 Å². The van der Waals surface area contributed by atoms with E-state index >= 15 is 0 Å². The maximum Gasteiger partial charge on any atom is 0.271 e. The summed E-state index contributed by atoms with van der Waals surface area (Å²) in [5.41, 5.74) is 0.732. The molecule has 0 heterocycles. The summed E-state index contributed by atoms with van der Waals surface area (Å²) in [7, 11) is -4.10. The van der Waals surface area contributed by atoms with Gasteiger partial charge < -0.3 is 10.2 Å². The van der Waals surface area contributed by atoms with Crippen molar-refractivity contribution >= 4 is 56.4 Å². The first kappa shape index (κ1) is 32.8. The molecule has 0 aliphatic heterocycles. The number of carbonyl (C=O) groups is 2. The summed E-state index contributed by atoms with van der Waals surface area (Å²) in [4.78, 5) is 39.8. The average molecular weight is 636 g/mol. The van der Waals surface area contributed by atoms with Crippen LogP contribution in [0.15, 0.2) is 72.8 Å². The average Bonchev–Trinajstić information content (AvgIpc) is 2.94. The molecule has 0 radical (unpaired) electrons. The van der Waals surface area contributed by atoms with Crippen molar-refractivity contribution < 1.29 is 22.9 Å². The molecule has 13 heteroatoms. The van der Waals surface area contributed by atoms with Gasteiger partial charge in [-0.3, -0.25) is 24.0 Å². The highest BCUT2D eigenvalue weighted by molar-refractivity contribution is 7.92. The second-order valence-electron chi connectivity index (χ2n) is 9.79. The standard InChI is InChI=1S/C29H32Cl2N4O6S/c1-4-20(2)32-29(37)27(16-21-10-6-5-7-11-21)33(18-24-25(30)14-9-15-26(24)31)28(36)19-34(42(3,40)41)22-12-8-13-23(17-22)35(38)39/h5-15,17,20,27H,4,16,18-19H2,1-3H3,(H,32,37)/t20-,27+/m1/s1. The van der Waals surface area contributed by atoms with Crippen LogP contribution >= 0.6 is 23.2 Å². The van der Waals surface area contributed by atoms with Crippen molar-refractivity contribution in [2.75, 3.05) is 17.1 Å². The van der Waals surface area contributed by atoms with Gasteiger partial charge in [0, 0.05) is 46.7 Å². The third kappa shape index (κ3) is 8.67. The molecular weight excluding hydrogens is 603 g/mol. The van der Waals surface area contributed by atoms with E-state index in [1.807, 2.05) is 44.2 Å². The van der Waals surface area contributed by atoms with E-state index in [-0.39, 0.29) is 40.4 Å². The first-order valence-electron chi connectivity index (χ1n) is 13.1. The molecule has 3 aromatic rings. The zero-order chi connectivity index (χ0) is 31.0. The van der Waals surface area contributed by atoms with Crippen molar-refractivity contribution in [3.8, 4) is 0 Å². The fourth-order valence-corrected chi connectivity index (χ4v) is 5.58. The molecule has 0 aliphatic rings. The van der Waals surface area contributed by atoms with Crippen LogP contribution in [0.4, 0.5) is 11.4 Å². The van der Waals surface area contributed by atoms with Gasteiger partial charge in [0.05, 0.1) is 16.9 Å². The molecular formula is C29H32Cl2N4O6S. The molecule has 0 aliphatic carbocycles. The predicted molar refractivity (Wildman–Crippen MR) is 164 cm³/mol. The molecule has 0 saturated heterocycles. The number of rotatable bonds is 13. The Morgan fingerprint density at radius 2 is 1.62 bits per heavy atom. The SMILES string of the molecule is CC[C@@H](C)NC(=O)[C@H](Cc1ccccc1)N(Cc1c(Cl)cccc1Cl)C(=O)CN(c1cccc([N+](=O)[O-])c1)S(C)(=O)=O. The molecule has 10 nitrogen and oxygen atoms in total. The fraction of sp³-hybridized carbons (Fsp3) is 0.310. The van der Waals surface area contributed by atoms with Crippen molar-refractivity contribution in [1.82, 2.24) is 10.2 Å². The van der Waals surface area contributed by atoms with Crippen molar-refractivity contribution in [2.45, 2.75) is 45.3 Å². The minimum absolute atomic E-state index is 0.0700. The molecule has 0 aromatic heterocycles. The number of hydrogen-bond donors (Lipinski definition) is 1. The number of nitrogens with zero attached hydrogens (tertiary/aromatic N) is 3. The summed E-state index contributed by atoms with van der Waals surface area (Å²) < 4.78 is 26.5. The monoisotopic (exact) mass is 634 g/mol. The predicted octanol–water partition coefficient (Wildman–Crippen LogP) is 5.22. The summed E-state index contributed by atoms with van der Waals surface area (Å²) in [5, 5.41) is 14.8. The minimum atomic E-state index is -4.10. The number of hydrogen-bond acceptors (Lipinski definition) is 6. The number of anilines is 1. The lowest BCUT2D eigenvalue weighted by molar-refractivity contribution is -0.384. The molecule has 42 heavy (non-hydrogen) atoms. The Kier molecular flexibility index (Phi) is 11.3. The van der Waals surface area contributed by atoms with Gasteiger partial charge in [-0.25, -0.2) is 8.42 Å². The van der Waals surface area contributed by atoms with Gasteiger partial charge >= 0.3 is 0 Å². The van der Waals surface area contributed by atoms with E-state index in [1.165, 1.54) is 23.1 Å². The highest BCUT2D eigenvalue weighted by Gasteiger charge is 2.34. The number of nitro benzene ring substituents is 1. The second-order valence-corrected chi connectivity index (χ2v) is 12.5. The second kappa shape index (κ2) is 14.5. The van der Waals surface area contributed by atoms with E-state index in [2.05, 4.69) is 5.32 Å². The molecule has 3 aromatic carbocycles. The Hall–Kier alpha value is -3.67. The van der Waals surface area contributed by atoms with Crippen LogP contribution in [-0.4, -0.2) is 54.9 Å². The Morgan fingerprint density at radius 1 is 1.00 bits per heavy atom. The van der Waals surface area contributed by atoms with Crippen LogP contribution in [0.2, 0.25) is 10.0 Å². The number of halogens is 2. The van der Waals surface area contributed by atoms with Gasteiger partial charge in [0.25, 0.3) is 5.69 Å². The highest BCUT2D eigenvalue weighted by Crippen LogP contribution is 2.28. The van der Waals surface area contributed by atoms with Crippen LogP contribution in [0.25, 0.3) is 0 Å². The smallest absolute Gasteiger partial charge is 0.271 e. The molecule has 2 atom stereocenters. The van der Waals surface area contributed by atoms with Crippen LogP contribution < -0.4 is 9.62 Å². The fourth-order valence-electron chi connectivity index (χ4n) is 4.22. The molecule has 1 N–H and O–H groups in total.